The fourth-order valence-electron chi connectivity index (χ4n) is 4.74. The average molecular weight is 395 g/mol. The van der Waals surface area contributed by atoms with E-state index in [9.17, 15) is 0 Å². The first kappa shape index (κ1) is 20.6. The van der Waals surface area contributed by atoms with E-state index in [4.69, 9.17) is 14.2 Å². The maximum absolute atomic E-state index is 5.67. The first-order valence-electron chi connectivity index (χ1n) is 11.0. The monoisotopic (exact) mass is 394 g/mol. The van der Waals surface area contributed by atoms with Gasteiger partial charge in [-0.2, -0.15) is 0 Å². The van der Waals surface area contributed by atoms with Crippen LogP contribution in [0.4, 0.5) is 0 Å². The summed E-state index contributed by atoms with van der Waals surface area (Å²) in [6.07, 6.45) is 4.44. The average Bonchev–Trinajstić information content (AvgIpc) is 2.69. The van der Waals surface area contributed by atoms with Crippen LogP contribution in [0.2, 0.25) is 0 Å². The van der Waals surface area contributed by atoms with E-state index in [1.807, 2.05) is 0 Å². The number of ether oxygens (including phenoxy) is 3. The van der Waals surface area contributed by atoms with Gasteiger partial charge in [-0.3, -0.25) is 0 Å². The van der Waals surface area contributed by atoms with Crippen molar-refractivity contribution in [2.45, 2.75) is 46.1 Å². The third kappa shape index (κ3) is 4.01. The van der Waals surface area contributed by atoms with E-state index in [0.29, 0.717) is 6.61 Å². The predicted octanol–water partition coefficient (Wildman–Crippen LogP) is 5.44. The summed E-state index contributed by atoms with van der Waals surface area (Å²) in [6, 6.07) is 15.4. The van der Waals surface area contributed by atoms with E-state index >= 15 is 0 Å². The van der Waals surface area contributed by atoms with Crippen molar-refractivity contribution in [1.29, 1.82) is 0 Å². The Kier molecular flexibility index (Phi) is 6.10. The SMILES string of the molecule is CCC1(Cc2c(COC)ccc(-c3ccccc3)c2CC2(CC)COC2)COC1. The van der Waals surface area contributed by atoms with Gasteiger partial charge in [-0.25, -0.2) is 0 Å². The second kappa shape index (κ2) is 8.59. The molecule has 3 nitrogen and oxygen atoms in total. The van der Waals surface area contributed by atoms with E-state index in [1.54, 1.807) is 7.11 Å². The van der Waals surface area contributed by atoms with Gasteiger partial charge in [0.2, 0.25) is 0 Å². The molecule has 0 aliphatic carbocycles. The molecule has 156 valence electrons. The fraction of sp³-hybridized carbons (Fsp3) is 0.538. The third-order valence-corrected chi connectivity index (χ3v) is 7.15. The van der Waals surface area contributed by atoms with Crippen LogP contribution in [0.5, 0.6) is 0 Å². The molecule has 0 unspecified atom stereocenters. The van der Waals surface area contributed by atoms with Crippen LogP contribution >= 0.6 is 0 Å². The van der Waals surface area contributed by atoms with Crippen molar-refractivity contribution in [2.75, 3.05) is 33.5 Å². The summed E-state index contributed by atoms with van der Waals surface area (Å²) in [5.74, 6) is 0. The lowest BCUT2D eigenvalue weighted by Crippen LogP contribution is -2.45. The molecule has 2 fully saturated rings. The van der Waals surface area contributed by atoms with Gasteiger partial charge in [0, 0.05) is 17.9 Å². The van der Waals surface area contributed by atoms with Crippen molar-refractivity contribution >= 4 is 0 Å². The number of methoxy groups -OCH3 is 1. The Labute approximate surface area is 175 Å². The minimum absolute atomic E-state index is 0.263. The molecule has 3 heteroatoms. The highest BCUT2D eigenvalue weighted by molar-refractivity contribution is 5.70. The summed E-state index contributed by atoms with van der Waals surface area (Å²) >= 11 is 0. The number of rotatable bonds is 9. The van der Waals surface area contributed by atoms with Crippen LogP contribution in [0, 0.1) is 10.8 Å². The molecule has 2 saturated heterocycles. The molecule has 29 heavy (non-hydrogen) atoms. The van der Waals surface area contributed by atoms with Crippen LogP contribution in [0.1, 0.15) is 43.4 Å². The molecule has 0 saturated carbocycles. The van der Waals surface area contributed by atoms with Gasteiger partial charge in [-0.15, -0.1) is 0 Å². The molecular formula is C26H34O3. The highest BCUT2D eigenvalue weighted by atomic mass is 16.5. The molecule has 4 rings (SSSR count). The highest BCUT2D eigenvalue weighted by Crippen LogP contribution is 2.43. The molecule has 0 N–H and O–H groups in total. The topological polar surface area (TPSA) is 27.7 Å². The van der Waals surface area contributed by atoms with Crippen molar-refractivity contribution in [2.24, 2.45) is 10.8 Å². The summed E-state index contributed by atoms with van der Waals surface area (Å²) in [5, 5.41) is 0. The van der Waals surface area contributed by atoms with Gasteiger partial charge >= 0.3 is 0 Å². The highest BCUT2D eigenvalue weighted by Gasteiger charge is 2.41. The van der Waals surface area contributed by atoms with Gasteiger partial charge < -0.3 is 14.2 Å². The molecule has 0 spiro atoms. The largest absolute Gasteiger partial charge is 0.380 e. The van der Waals surface area contributed by atoms with Gasteiger partial charge in [-0.05, 0) is 53.5 Å². The first-order valence-corrected chi connectivity index (χ1v) is 11.0. The van der Waals surface area contributed by atoms with Gasteiger partial charge in [0.15, 0.2) is 0 Å². The van der Waals surface area contributed by atoms with Crippen molar-refractivity contribution in [3.05, 3.63) is 59.2 Å². The quantitative estimate of drug-likeness (QED) is 0.567. The van der Waals surface area contributed by atoms with E-state index in [2.05, 4.69) is 56.3 Å². The molecule has 2 aromatic carbocycles. The second-order valence-corrected chi connectivity index (χ2v) is 9.07. The Balaban J connectivity index is 1.84. The van der Waals surface area contributed by atoms with Crippen molar-refractivity contribution in [1.82, 2.24) is 0 Å². The van der Waals surface area contributed by atoms with Crippen LogP contribution < -0.4 is 0 Å². The summed E-state index contributed by atoms with van der Waals surface area (Å²) in [5.41, 5.74) is 7.50. The van der Waals surface area contributed by atoms with Gasteiger partial charge in [0.25, 0.3) is 0 Å². The Hall–Kier alpha value is -1.68. The molecule has 2 aromatic rings. The van der Waals surface area contributed by atoms with Crippen LogP contribution in [0.25, 0.3) is 11.1 Å². The van der Waals surface area contributed by atoms with Crippen LogP contribution in [-0.2, 0) is 33.7 Å². The van der Waals surface area contributed by atoms with Crippen LogP contribution in [0.3, 0.4) is 0 Å². The summed E-state index contributed by atoms with van der Waals surface area (Å²) < 4.78 is 16.9. The summed E-state index contributed by atoms with van der Waals surface area (Å²) in [7, 11) is 1.80. The molecule has 2 aliphatic rings. The smallest absolute Gasteiger partial charge is 0.0715 e. The molecule has 0 bridgehead atoms. The molecule has 2 heterocycles. The molecule has 0 amide bonds. The zero-order valence-electron chi connectivity index (χ0n) is 18.1. The maximum Gasteiger partial charge on any atom is 0.0715 e. The lowest BCUT2D eigenvalue weighted by atomic mass is 9.70. The Bertz CT molecular complexity index is 808. The Morgan fingerprint density at radius 3 is 1.86 bits per heavy atom. The minimum atomic E-state index is 0.263. The van der Waals surface area contributed by atoms with Crippen molar-refractivity contribution < 1.29 is 14.2 Å². The Morgan fingerprint density at radius 2 is 1.38 bits per heavy atom. The van der Waals surface area contributed by atoms with E-state index < -0.39 is 0 Å². The zero-order chi connectivity index (χ0) is 20.3. The van der Waals surface area contributed by atoms with Crippen LogP contribution in [0.15, 0.2) is 42.5 Å². The summed E-state index contributed by atoms with van der Waals surface area (Å²) in [6.45, 7) is 8.73. The van der Waals surface area contributed by atoms with E-state index in [0.717, 1.165) is 52.1 Å². The Morgan fingerprint density at radius 1 is 0.793 bits per heavy atom. The third-order valence-electron chi connectivity index (χ3n) is 7.15. The number of hydrogen-bond acceptors (Lipinski definition) is 3. The first-order chi connectivity index (χ1) is 14.1. The van der Waals surface area contributed by atoms with Crippen molar-refractivity contribution in [3.8, 4) is 11.1 Å². The number of benzene rings is 2. The van der Waals surface area contributed by atoms with E-state index in [-0.39, 0.29) is 10.8 Å². The van der Waals surface area contributed by atoms with Crippen LogP contribution in [-0.4, -0.2) is 33.5 Å². The van der Waals surface area contributed by atoms with Gasteiger partial charge in [0.1, 0.15) is 0 Å². The molecule has 0 aromatic heterocycles. The lowest BCUT2D eigenvalue weighted by molar-refractivity contribution is -0.117. The van der Waals surface area contributed by atoms with Gasteiger partial charge in [-0.1, -0.05) is 56.3 Å². The molecule has 0 atom stereocenters. The predicted molar refractivity (Wildman–Crippen MR) is 117 cm³/mol. The minimum Gasteiger partial charge on any atom is -0.380 e. The van der Waals surface area contributed by atoms with Gasteiger partial charge in [0.05, 0.1) is 33.0 Å². The standard InChI is InChI=1S/C26H34O3/c1-4-25(16-28-17-25)13-23-21(15-27-3)11-12-22(20-9-7-6-8-10-20)24(23)14-26(5-2)18-29-19-26/h6-12H,4-5,13-19H2,1-3H3. The van der Waals surface area contributed by atoms with Crippen molar-refractivity contribution in [3.63, 3.8) is 0 Å². The normalized spacial score (nSPS) is 19.4. The molecular weight excluding hydrogens is 360 g/mol. The van der Waals surface area contributed by atoms with E-state index in [1.165, 1.54) is 27.8 Å². The summed E-state index contributed by atoms with van der Waals surface area (Å²) in [4.78, 5) is 0. The molecule has 0 radical (unpaired) electrons. The number of hydrogen-bond donors (Lipinski definition) is 0. The second-order valence-electron chi connectivity index (χ2n) is 9.07. The lowest BCUT2D eigenvalue weighted by Gasteiger charge is -2.44. The zero-order valence-corrected chi connectivity index (χ0v) is 18.1. The fourth-order valence-corrected chi connectivity index (χ4v) is 4.74. The molecule has 2 aliphatic heterocycles. The maximum atomic E-state index is 5.67.